The van der Waals surface area contributed by atoms with Crippen molar-refractivity contribution in [3.05, 3.63) is 36.1 Å². The zero-order valence-corrected chi connectivity index (χ0v) is 10.5. The monoisotopic (exact) mass is 247 g/mol. The number of carboxylic acids is 1. The van der Waals surface area contributed by atoms with E-state index in [2.05, 4.69) is 5.32 Å². The van der Waals surface area contributed by atoms with Crippen molar-refractivity contribution in [2.45, 2.75) is 19.4 Å². The molecule has 0 aliphatic carbocycles. The molecule has 2 atom stereocenters. The molecule has 4 heteroatoms. The first kappa shape index (κ1) is 12.6. The van der Waals surface area contributed by atoms with Gasteiger partial charge in [-0.05, 0) is 19.5 Å². The largest absolute Gasteiger partial charge is 0.481 e. The number of hydrogen-bond donors (Lipinski definition) is 2. The molecule has 1 heterocycles. The van der Waals surface area contributed by atoms with Crippen LogP contribution in [-0.4, -0.2) is 18.1 Å². The molecule has 0 fully saturated rings. The van der Waals surface area contributed by atoms with Crippen LogP contribution in [0.3, 0.4) is 0 Å². The van der Waals surface area contributed by atoms with Crippen molar-refractivity contribution in [1.29, 1.82) is 0 Å². The molecule has 4 nitrogen and oxygen atoms in total. The minimum atomic E-state index is -0.790. The van der Waals surface area contributed by atoms with Crippen molar-refractivity contribution in [3.63, 3.8) is 0 Å². The summed E-state index contributed by atoms with van der Waals surface area (Å²) in [6, 6.07) is 7.42. The first-order valence-electron chi connectivity index (χ1n) is 6.05. The van der Waals surface area contributed by atoms with Crippen molar-refractivity contribution >= 4 is 16.9 Å². The van der Waals surface area contributed by atoms with E-state index in [1.165, 1.54) is 0 Å². The van der Waals surface area contributed by atoms with Gasteiger partial charge >= 0.3 is 5.97 Å². The van der Waals surface area contributed by atoms with E-state index in [9.17, 15) is 9.90 Å². The topological polar surface area (TPSA) is 62.5 Å². The predicted molar refractivity (Wildman–Crippen MR) is 69.4 cm³/mol. The highest BCUT2D eigenvalue weighted by molar-refractivity contribution is 5.82. The quantitative estimate of drug-likeness (QED) is 0.852. The third kappa shape index (κ3) is 2.11. The van der Waals surface area contributed by atoms with Crippen LogP contribution in [0.2, 0.25) is 0 Å². The van der Waals surface area contributed by atoms with E-state index in [0.717, 1.165) is 16.5 Å². The minimum absolute atomic E-state index is 0.240. The molecule has 0 radical (unpaired) electrons. The Labute approximate surface area is 106 Å². The fraction of sp³-hybridized carbons (Fsp3) is 0.357. The number of carbonyl (C=O) groups is 1. The zero-order chi connectivity index (χ0) is 13.1. The van der Waals surface area contributed by atoms with Crippen molar-refractivity contribution in [2.75, 3.05) is 7.05 Å². The van der Waals surface area contributed by atoms with E-state index in [1.807, 2.05) is 31.2 Å². The Morgan fingerprint density at radius 2 is 2.17 bits per heavy atom. The molecule has 2 rings (SSSR count). The summed E-state index contributed by atoms with van der Waals surface area (Å²) in [6.07, 6.45) is 2.22. The minimum Gasteiger partial charge on any atom is -0.481 e. The van der Waals surface area contributed by atoms with Crippen molar-refractivity contribution in [1.82, 2.24) is 5.32 Å². The van der Waals surface area contributed by atoms with Crippen LogP contribution in [-0.2, 0) is 4.79 Å². The van der Waals surface area contributed by atoms with Gasteiger partial charge in [0, 0.05) is 17.0 Å². The predicted octanol–water partition coefficient (Wildman–Crippen LogP) is 2.80. The number of carboxylic acid groups (broad SMARTS) is 1. The van der Waals surface area contributed by atoms with Crippen LogP contribution in [0.15, 0.2) is 34.9 Å². The van der Waals surface area contributed by atoms with Crippen LogP contribution >= 0.6 is 0 Å². The second-order valence-corrected chi connectivity index (χ2v) is 4.31. The van der Waals surface area contributed by atoms with Gasteiger partial charge in [-0.15, -0.1) is 0 Å². The molecule has 0 amide bonds. The molecule has 0 saturated carbocycles. The number of rotatable bonds is 5. The van der Waals surface area contributed by atoms with Crippen molar-refractivity contribution in [3.8, 4) is 0 Å². The van der Waals surface area contributed by atoms with Gasteiger partial charge in [0.25, 0.3) is 0 Å². The standard InChI is InChI=1S/C14H17NO3/c1-3-9(14(16)17)13(15-2)11-8-18-12-7-5-4-6-10(11)12/h4-9,13,15H,3H2,1-2H3,(H,16,17). The zero-order valence-electron chi connectivity index (χ0n) is 10.5. The van der Waals surface area contributed by atoms with Gasteiger partial charge in [0.2, 0.25) is 0 Å². The number of hydrogen-bond acceptors (Lipinski definition) is 3. The smallest absolute Gasteiger partial charge is 0.308 e. The first-order chi connectivity index (χ1) is 8.69. The summed E-state index contributed by atoms with van der Waals surface area (Å²) in [5, 5.41) is 13.3. The number of aliphatic carboxylic acids is 1. The number of benzene rings is 1. The average molecular weight is 247 g/mol. The van der Waals surface area contributed by atoms with Crippen LogP contribution in [0.4, 0.5) is 0 Å². The first-order valence-corrected chi connectivity index (χ1v) is 6.05. The van der Waals surface area contributed by atoms with E-state index in [0.29, 0.717) is 6.42 Å². The fourth-order valence-corrected chi connectivity index (χ4v) is 2.37. The number of furan rings is 1. The average Bonchev–Trinajstić information content (AvgIpc) is 2.79. The molecule has 96 valence electrons. The van der Waals surface area contributed by atoms with Gasteiger partial charge in [0.05, 0.1) is 12.2 Å². The van der Waals surface area contributed by atoms with Gasteiger partial charge in [0.15, 0.2) is 0 Å². The Bertz CT molecular complexity index is 547. The maximum absolute atomic E-state index is 11.3. The Kier molecular flexibility index (Phi) is 3.67. The van der Waals surface area contributed by atoms with E-state index in [4.69, 9.17) is 4.42 Å². The molecule has 0 aliphatic rings. The Morgan fingerprint density at radius 1 is 1.44 bits per heavy atom. The Hall–Kier alpha value is -1.81. The van der Waals surface area contributed by atoms with E-state index in [-0.39, 0.29) is 6.04 Å². The maximum Gasteiger partial charge on any atom is 0.308 e. The molecule has 2 aromatic rings. The Morgan fingerprint density at radius 3 is 2.78 bits per heavy atom. The molecule has 0 aliphatic heterocycles. The lowest BCUT2D eigenvalue weighted by Crippen LogP contribution is -2.30. The molecular formula is C14H17NO3. The summed E-state index contributed by atoms with van der Waals surface area (Å²) < 4.78 is 5.47. The SMILES string of the molecule is CCC(C(=O)O)C(NC)c1coc2ccccc12. The van der Waals surface area contributed by atoms with E-state index in [1.54, 1.807) is 13.3 Å². The number of fused-ring (bicyclic) bond motifs is 1. The molecular weight excluding hydrogens is 230 g/mol. The number of nitrogens with one attached hydrogen (secondary N) is 1. The second kappa shape index (κ2) is 5.23. The van der Waals surface area contributed by atoms with Crippen LogP contribution in [0.25, 0.3) is 11.0 Å². The van der Waals surface area contributed by atoms with Gasteiger partial charge in [-0.25, -0.2) is 0 Å². The van der Waals surface area contributed by atoms with Gasteiger partial charge in [0.1, 0.15) is 5.58 Å². The molecule has 18 heavy (non-hydrogen) atoms. The highest BCUT2D eigenvalue weighted by Gasteiger charge is 2.28. The van der Waals surface area contributed by atoms with Gasteiger partial charge in [-0.1, -0.05) is 25.1 Å². The van der Waals surface area contributed by atoms with Crippen LogP contribution in [0.5, 0.6) is 0 Å². The van der Waals surface area contributed by atoms with Gasteiger partial charge in [-0.3, -0.25) is 4.79 Å². The van der Waals surface area contributed by atoms with E-state index >= 15 is 0 Å². The van der Waals surface area contributed by atoms with Crippen LogP contribution in [0.1, 0.15) is 24.9 Å². The van der Waals surface area contributed by atoms with Crippen molar-refractivity contribution < 1.29 is 14.3 Å². The second-order valence-electron chi connectivity index (χ2n) is 4.31. The normalized spacial score (nSPS) is 14.6. The van der Waals surface area contributed by atoms with Crippen molar-refractivity contribution in [2.24, 2.45) is 5.92 Å². The van der Waals surface area contributed by atoms with Crippen LogP contribution < -0.4 is 5.32 Å². The summed E-state index contributed by atoms with van der Waals surface area (Å²) in [5.41, 5.74) is 1.69. The molecule has 0 spiro atoms. The molecule has 2 unspecified atom stereocenters. The number of para-hydroxylation sites is 1. The van der Waals surface area contributed by atoms with Crippen LogP contribution in [0, 0.1) is 5.92 Å². The summed E-state index contributed by atoms with van der Waals surface area (Å²) in [6.45, 7) is 1.88. The van der Waals surface area contributed by atoms with Gasteiger partial charge in [-0.2, -0.15) is 0 Å². The summed E-state index contributed by atoms with van der Waals surface area (Å²) in [4.78, 5) is 11.3. The van der Waals surface area contributed by atoms with Gasteiger partial charge < -0.3 is 14.8 Å². The fourth-order valence-electron chi connectivity index (χ4n) is 2.37. The summed E-state index contributed by atoms with van der Waals surface area (Å²) in [5.74, 6) is -1.25. The third-order valence-corrected chi connectivity index (χ3v) is 3.32. The Balaban J connectivity index is 2.47. The molecule has 0 bridgehead atoms. The highest BCUT2D eigenvalue weighted by atomic mass is 16.4. The summed E-state index contributed by atoms with van der Waals surface area (Å²) in [7, 11) is 1.78. The lowest BCUT2D eigenvalue weighted by atomic mass is 9.91. The molecule has 1 aromatic carbocycles. The molecule has 1 aromatic heterocycles. The van der Waals surface area contributed by atoms with E-state index < -0.39 is 11.9 Å². The maximum atomic E-state index is 11.3. The summed E-state index contributed by atoms with van der Waals surface area (Å²) >= 11 is 0. The lowest BCUT2D eigenvalue weighted by Gasteiger charge is -2.21. The molecule has 0 saturated heterocycles. The molecule has 2 N–H and O–H groups in total. The third-order valence-electron chi connectivity index (χ3n) is 3.32. The lowest BCUT2D eigenvalue weighted by molar-refractivity contribution is -0.142. The highest BCUT2D eigenvalue weighted by Crippen LogP contribution is 2.31.